The van der Waals surface area contributed by atoms with Gasteiger partial charge in [0, 0.05) is 47.9 Å². The molecule has 0 atom stereocenters. The van der Waals surface area contributed by atoms with Gasteiger partial charge in [-0.05, 0) is 12.1 Å². The highest BCUT2D eigenvalue weighted by Crippen LogP contribution is 2.31. The van der Waals surface area contributed by atoms with Crippen LogP contribution in [0.25, 0.3) is 33.3 Å². The number of nitrogens with zero attached hydrogens (tertiary/aromatic N) is 6. The van der Waals surface area contributed by atoms with E-state index in [1.54, 1.807) is 27.7 Å². The van der Waals surface area contributed by atoms with E-state index in [9.17, 15) is 10.1 Å². The van der Waals surface area contributed by atoms with Gasteiger partial charge in [-0.15, -0.1) is 0 Å². The molecule has 0 radical (unpaired) electrons. The first-order valence-electron chi connectivity index (χ1n) is 8.34. The van der Waals surface area contributed by atoms with Crippen molar-refractivity contribution in [1.29, 1.82) is 5.26 Å². The van der Waals surface area contributed by atoms with Gasteiger partial charge in [0.1, 0.15) is 6.07 Å². The minimum absolute atomic E-state index is 0.142. The van der Waals surface area contributed by atoms with Gasteiger partial charge in [-0.2, -0.15) is 15.5 Å². The lowest BCUT2D eigenvalue weighted by Crippen LogP contribution is -2.12. The van der Waals surface area contributed by atoms with Crippen LogP contribution in [0.3, 0.4) is 0 Å². The molecule has 8 heteroatoms. The predicted molar refractivity (Wildman–Crippen MR) is 104 cm³/mol. The Hall–Kier alpha value is -4.25. The number of carbonyl (C=O) groups is 1. The van der Waals surface area contributed by atoms with E-state index in [2.05, 4.69) is 27.8 Å². The molecule has 8 nitrogen and oxygen atoms in total. The molecule has 4 heterocycles. The van der Waals surface area contributed by atoms with Gasteiger partial charge in [0.2, 0.25) is 5.91 Å². The minimum Gasteiger partial charge on any atom is -0.366 e. The Morgan fingerprint density at radius 1 is 1.14 bits per heavy atom. The van der Waals surface area contributed by atoms with E-state index in [-0.39, 0.29) is 5.57 Å². The lowest BCUT2D eigenvalue weighted by Gasteiger charge is -2.09. The van der Waals surface area contributed by atoms with E-state index in [4.69, 9.17) is 5.73 Å². The molecule has 1 amide bonds. The van der Waals surface area contributed by atoms with Gasteiger partial charge in [-0.3, -0.25) is 14.5 Å². The molecular weight excluding hydrogens is 354 g/mol. The number of aromatic nitrogens is 5. The third kappa shape index (κ3) is 2.81. The van der Waals surface area contributed by atoms with Crippen molar-refractivity contribution in [3.63, 3.8) is 0 Å². The molecule has 0 spiro atoms. The van der Waals surface area contributed by atoms with Crippen molar-refractivity contribution in [1.82, 2.24) is 24.4 Å². The van der Waals surface area contributed by atoms with E-state index in [1.165, 1.54) is 6.20 Å². The summed E-state index contributed by atoms with van der Waals surface area (Å²) in [6.07, 6.45) is 8.67. The van der Waals surface area contributed by atoms with Crippen LogP contribution in [0.1, 0.15) is 11.3 Å². The number of hydrogen-bond donors (Lipinski definition) is 1. The molecule has 0 fully saturated rings. The second kappa shape index (κ2) is 6.48. The van der Waals surface area contributed by atoms with E-state index >= 15 is 0 Å². The first kappa shape index (κ1) is 17.2. The van der Waals surface area contributed by atoms with Crippen molar-refractivity contribution < 1.29 is 4.79 Å². The summed E-state index contributed by atoms with van der Waals surface area (Å²) >= 11 is 0. The molecule has 0 aliphatic rings. The average Bonchev–Trinajstić information content (AvgIpc) is 3.32. The highest BCUT2D eigenvalue weighted by molar-refractivity contribution is 6.17. The normalized spacial score (nSPS) is 10.7. The molecule has 0 aliphatic heterocycles. The highest BCUT2D eigenvalue weighted by atomic mass is 16.1. The largest absolute Gasteiger partial charge is 0.366 e. The van der Waals surface area contributed by atoms with E-state index < -0.39 is 5.91 Å². The Balaban J connectivity index is 1.91. The summed E-state index contributed by atoms with van der Waals surface area (Å²) in [6, 6.07) is 7.63. The Morgan fingerprint density at radius 3 is 2.57 bits per heavy atom. The maximum Gasteiger partial charge on any atom is 0.250 e. The highest BCUT2D eigenvalue weighted by Gasteiger charge is 2.15. The van der Waals surface area contributed by atoms with Crippen LogP contribution < -0.4 is 5.73 Å². The summed E-state index contributed by atoms with van der Waals surface area (Å²) in [5.41, 5.74) is 10.3. The number of pyridine rings is 2. The van der Waals surface area contributed by atoms with Crippen molar-refractivity contribution in [2.45, 2.75) is 0 Å². The molecule has 136 valence electrons. The Morgan fingerprint density at radius 2 is 1.96 bits per heavy atom. The molecule has 0 saturated carbocycles. The van der Waals surface area contributed by atoms with Gasteiger partial charge < -0.3 is 5.73 Å². The molecule has 0 bridgehead atoms. The maximum absolute atomic E-state index is 11.3. The number of primary amides is 1. The number of nitriles is 1. The topological polar surface area (TPSA) is 115 Å². The molecule has 28 heavy (non-hydrogen) atoms. The van der Waals surface area contributed by atoms with E-state index in [1.807, 2.05) is 31.6 Å². The van der Waals surface area contributed by atoms with Crippen molar-refractivity contribution in [2.75, 3.05) is 0 Å². The summed E-state index contributed by atoms with van der Waals surface area (Å²) in [6.45, 7) is 3.65. The molecule has 2 N–H and O–H groups in total. The third-order valence-corrected chi connectivity index (χ3v) is 4.45. The van der Waals surface area contributed by atoms with Crippen molar-refractivity contribution in [2.24, 2.45) is 12.8 Å². The smallest absolute Gasteiger partial charge is 0.250 e. The summed E-state index contributed by atoms with van der Waals surface area (Å²) in [7, 11) is 1.85. The van der Waals surface area contributed by atoms with Crippen molar-refractivity contribution >= 4 is 17.0 Å². The van der Waals surface area contributed by atoms with E-state index in [0.717, 1.165) is 22.3 Å². The van der Waals surface area contributed by atoms with Crippen LogP contribution in [0.15, 0.2) is 55.8 Å². The van der Waals surface area contributed by atoms with Gasteiger partial charge in [-0.25, -0.2) is 4.52 Å². The molecule has 0 aliphatic carbocycles. The first-order chi connectivity index (χ1) is 13.5. The number of carbonyl (C=O) groups excluding carboxylic acids is 1. The van der Waals surface area contributed by atoms with Crippen molar-refractivity contribution in [3.8, 4) is 28.3 Å². The van der Waals surface area contributed by atoms with Crippen LogP contribution in [-0.2, 0) is 11.8 Å². The summed E-state index contributed by atoms with van der Waals surface area (Å²) in [5.74, 6) is -0.622. The number of amides is 1. The van der Waals surface area contributed by atoms with Crippen LogP contribution in [0.4, 0.5) is 0 Å². The van der Waals surface area contributed by atoms with Gasteiger partial charge >= 0.3 is 0 Å². The zero-order chi connectivity index (χ0) is 19.8. The molecule has 4 aromatic rings. The van der Waals surface area contributed by atoms with Crippen LogP contribution in [0.2, 0.25) is 0 Å². The zero-order valence-corrected chi connectivity index (χ0v) is 15.0. The second-order valence-corrected chi connectivity index (χ2v) is 6.28. The lowest BCUT2D eigenvalue weighted by molar-refractivity contribution is -0.112. The van der Waals surface area contributed by atoms with Crippen molar-refractivity contribution in [3.05, 3.63) is 67.0 Å². The Bertz CT molecular complexity index is 1270. The van der Waals surface area contributed by atoms with Crippen LogP contribution in [0.5, 0.6) is 0 Å². The molecule has 0 saturated heterocycles. The standard InChI is InChI=1S/C20H15N7O/c1-12(20(22)28)18-4-3-13(7-23-18)17-5-14(16-9-24-26(2)10-16)11-27-19(17)15(6-21)8-25-27/h3-5,7-11H,1H2,2H3,(H2,22,28). The minimum atomic E-state index is -0.622. The average molecular weight is 369 g/mol. The second-order valence-electron chi connectivity index (χ2n) is 6.28. The number of nitrogens with two attached hydrogens (primary N) is 1. The van der Waals surface area contributed by atoms with Crippen LogP contribution in [0, 0.1) is 11.3 Å². The predicted octanol–water partition coefficient (Wildman–Crippen LogP) is 2.17. The summed E-state index contributed by atoms with van der Waals surface area (Å²) in [5, 5.41) is 18.0. The first-order valence-corrected chi connectivity index (χ1v) is 8.34. The summed E-state index contributed by atoms with van der Waals surface area (Å²) < 4.78 is 3.39. The monoisotopic (exact) mass is 369 g/mol. The fourth-order valence-corrected chi connectivity index (χ4v) is 3.01. The van der Waals surface area contributed by atoms with Gasteiger partial charge in [0.25, 0.3) is 0 Å². The Kier molecular flexibility index (Phi) is 3.98. The Labute approximate surface area is 160 Å². The number of hydrogen-bond acceptors (Lipinski definition) is 5. The lowest BCUT2D eigenvalue weighted by atomic mass is 10.0. The molecular formula is C20H15N7O. The number of fused-ring (bicyclic) bond motifs is 1. The van der Waals surface area contributed by atoms with Gasteiger partial charge in [0.15, 0.2) is 0 Å². The molecule has 0 unspecified atom stereocenters. The maximum atomic E-state index is 11.3. The molecule has 4 rings (SSSR count). The zero-order valence-electron chi connectivity index (χ0n) is 15.0. The summed E-state index contributed by atoms with van der Waals surface area (Å²) in [4.78, 5) is 15.6. The van der Waals surface area contributed by atoms with Gasteiger partial charge in [0.05, 0.1) is 34.7 Å². The number of rotatable bonds is 4. The third-order valence-electron chi connectivity index (χ3n) is 4.45. The molecule has 0 aromatic carbocycles. The fourth-order valence-electron chi connectivity index (χ4n) is 3.01. The SMILES string of the molecule is C=C(C(N)=O)c1ccc(-c2cc(-c3cnn(C)c3)cn3ncc(C#N)c23)cn1. The fraction of sp³-hybridized carbons (Fsp3) is 0.0500. The van der Waals surface area contributed by atoms with Gasteiger partial charge in [-0.1, -0.05) is 12.6 Å². The number of aryl methyl sites for hydroxylation is 1. The van der Waals surface area contributed by atoms with Crippen LogP contribution >= 0.6 is 0 Å². The quantitative estimate of drug-likeness (QED) is 0.554. The van der Waals surface area contributed by atoms with Crippen LogP contribution in [-0.4, -0.2) is 30.3 Å². The molecule has 4 aromatic heterocycles. The van der Waals surface area contributed by atoms with E-state index in [0.29, 0.717) is 16.8 Å².